The van der Waals surface area contributed by atoms with E-state index in [1.54, 1.807) is 21.0 Å². The number of methoxy groups -OCH3 is 1. The van der Waals surface area contributed by atoms with E-state index in [0.717, 1.165) is 0 Å². The number of rotatable bonds is 4. The number of aromatic amines is 2. The summed E-state index contributed by atoms with van der Waals surface area (Å²) in [7, 11) is 1.55. The maximum absolute atomic E-state index is 11.6. The molecule has 5 heteroatoms. The van der Waals surface area contributed by atoms with Gasteiger partial charge in [0.05, 0.1) is 6.10 Å². The van der Waals surface area contributed by atoms with Gasteiger partial charge < -0.3 is 14.7 Å². The van der Waals surface area contributed by atoms with Crippen LogP contribution in [-0.4, -0.2) is 29.0 Å². The van der Waals surface area contributed by atoms with Crippen LogP contribution in [-0.2, 0) is 4.74 Å². The number of aryl methyl sites for hydroxylation is 1. The average molecular weight is 198 g/mol. The SMILES string of the molecule is COC(C)CC(=O)c1[nH]c(=O)[nH]c1C. The zero-order chi connectivity index (χ0) is 10.7. The molecule has 0 radical (unpaired) electrons. The van der Waals surface area contributed by atoms with Crippen molar-refractivity contribution in [2.75, 3.05) is 7.11 Å². The predicted octanol–water partition coefficient (Wildman–Crippen LogP) is 0.619. The molecule has 1 heterocycles. The Labute approximate surface area is 81.5 Å². The zero-order valence-electron chi connectivity index (χ0n) is 8.51. The van der Waals surface area contributed by atoms with Gasteiger partial charge in [0.15, 0.2) is 5.78 Å². The van der Waals surface area contributed by atoms with Gasteiger partial charge in [0.25, 0.3) is 0 Å². The van der Waals surface area contributed by atoms with Crippen LogP contribution in [0.2, 0.25) is 0 Å². The lowest BCUT2D eigenvalue weighted by Gasteiger charge is -2.06. The van der Waals surface area contributed by atoms with Crippen LogP contribution in [0.25, 0.3) is 0 Å². The Morgan fingerprint density at radius 2 is 2.14 bits per heavy atom. The fourth-order valence-corrected chi connectivity index (χ4v) is 1.20. The smallest absolute Gasteiger partial charge is 0.323 e. The number of ether oxygens (including phenoxy) is 1. The van der Waals surface area contributed by atoms with Crippen molar-refractivity contribution < 1.29 is 9.53 Å². The third kappa shape index (κ3) is 2.32. The quantitative estimate of drug-likeness (QED) is 0.696. The van der Waals surface area contributed by atoms with Gasteiger partial charge in [0.2, 0.25) is 0 Å². The summed E-state index contributed by atoms with van der Waals surface area (Å²) in [6.07, 6.45) is 0.130. The van der Waals surface area contributed by atoms with Crippen molar-refractivity contribution in [2.45, 2.75) is 26.4 Å². The molecule has 1 unspecified atom stereocenters. The maximum Gasteiger partial charge on any atom is 0.323 e. The van der Waals surface area contributed by atoms with Crippen LogP contribution in [0, 0.1) is 6.92 Å². The summed E-state index contributed by atoms with van der Waals surface area (Å²) in [4.78, 5) is 27.4. The molecule has 5 nitrogen and oxygen atoms in total. The molecule has 0 saturated carbocycles. The number of carbonyl (C=O) groups is 1. The second-order valence-corrected chi connectivity index (χ2v) is 3.25. The number of ketones is 1. The minimum atomic E-state index is -0.351. The van der Waals surface area contributed by atoms with E-state index in [9.17, 15) is 9.59 Å². The van der Waals surface area contributed by atoms with Crippen LogP contribution in [0.4, 0.5) is 0 Å². The molecule has 14 heavy (non-hydrogen) atoms. The molecule has 0 saturated heterocycles. The lowest BCUT2D eigenvalue weighted by atomic mass is 10.1. The Bertz CT molecular complexity index is 378. The van der Waals surface area contributed by atoms with Gasteiger partial charge in [-0.15, -0.1) is 0 Å². The number of hydrogen-bond acceptors (Lipinski definition) is 3. The van der Waals surface area contributed by atoms with Crippen LogP contribution < -0.4 is 5.69 Å². The maximum atomic E-state index is 11.6. The Hall–Kier alpha value is -1.36. The monoisotopic (exact) mass is 198 g/mol. The summed E-state index contributed by atoms with van der Waals surface area (Å²) in [6.45, 7) is 3.49. The summed E-state index contributed by atoms with van der Waals surface area (Å²) in [5, 5.41) is 0. The fraction of sp³-hybridized carbons (Fsp3) is 0.556. The van der Waals surface area contributed by atoms with Crippen molar-refractivity contribution in [1.82, 2.24) is 9.97 Å². The lowest BCUT2D eigenvalue weighted by Crippen LogP contribution is -2.14. The molecule has 0 amide bonds. The number of carbonyl (C=O) groups excluding carboxylic acids is 1. The van der Waals surface area contributed by atoms with Gasteiger partial charge in [-0.2, -0.15) is 0 Å². The fourth-order valence-electron chi connectivity index (χ4n) is 1.20. The number of hydrogen-bond donors (Lipinski definition) is 2. The standard InChI is InChI=1S/C9H14N2O3/c1-5(14-3)4-7(12)8-6(2)10-9(13)11-8/h5H,4H2,1-3H3,(H2,10,11,13). The Balaban J connectivity index is 2.79. The molecule has 2 N–H and O–H groups in total. The molecule has 0 aliphatic carbocycles. The van der Waals surface area contributed by atoms with E-state index in [1.165, 1.54) is 0 Å². The number of nitrogens with one attached hydrogen (secondary N) is 2. The molecule has 1 aromatic rings. The van der Waals surface area contributed by atoms with E-state index < -0.39 is 0 Å². The first kappa shape index (κ1) is 10.7. The van der Waals surface area contributed by atoms with Gasteiger partial charge in [-0.1, -0.05) is 0 Å². The molecule has 0 aromatic carbocycles. The van der Waals surface area contributed by atoms with Gasteiger partial charge in [-0.25, -0.2) is 4.79 Å². The minimum Gasteiger partial charge on any atom is -0.381 e. The van der Waals surface area contributed by atoms with E-state index in [2.05, 4.69) is 9.97 Å². The minimum absolute atomic E-state index is 0.116. The Morgan fingerprint density at radius 3 is 2.57 bits per heavy atom. The third-order valence-electron chi connectivity index (χ3n) is 2.07. The summed E-state index contributed by atoms with van der Waals surface area (Å²) >= 11 is 0. The number of H-pyrrole nitrogens is 2. The normalized spacial score (nSPS) is 12.8. The van der Waals surface area contributed by atoms with Crippen molar-refractivity contribution in [3.05, 3.63) is 21.9 Å². The van der Waals surface area contributed by atoms with Crippen molar-refractivity contribution in [1.29, 1.82) is 0 Å². The molecule has 0 aliphatic heterocycles. The first-order valence-corrected chi connectivity index (χ1v) is 4.39. The highest BCUT2D eigenvalue weighted by Gasteiger charge is 2.15. The first-order chi connectivity index (χ1) is 6.54. The highest BCUT2D eigenvalue weighted by atomic mass is 16.5. The molecule has 1 aromatic heterocycles. The molecule has 1 atom stereocenters. The molecule has 78 valence electrons. The number of Topliss-reactive ketones (excluding diaryl/α,β-unsaturated/α-hetero) is 1. The molecular formula is C9H14N2O3. The van der Waals surface area contributed by atoms with E-state index in [0.29, 0.717) is 11.4 Å². The summed E-state index contributed by atoms with van der Waals surface area (Å²) in [6, 6.07) is 0. The van der Waals surface area contributed by atoms with Crippen molar-refractivity contribution in [2.24, 2.45) is 0 Å². The van der Waals surface area contributed by atoms with Gasteiger partial charge in [0.1, 0.15) is 5.69 Å². The summed E-state index contributed by atoms with van der Waals surface area (Å²) in [5.74, 6) is -0.116. The lowest BCUT2D eigenvalue weighted by molar-refractivity contribution is 0.0787. The molecule has 0 bridgehead atoms. The van der Waals surface area contributed by atoms with Gasteiger partial charge in [0, 0.05) is 19.2 Å². The van der Waals surface area contributed by atoms with Crippen LogP contribution in [0.15, 0.2) is 4.79 Å². The van der Waals surface area contributed by atoms with Crippen molar-refractivity contribution in [3.8, 4) is 0 Å². The van der Waals surface area contributed by atoms with Crippen molar-refractivity contribution in [3.63, 3.8) is 0 Å². The largest absolute Gasteiger partial charge is 0.381 e. The number of imidazole rings is 1. The van der Waals surface area contributed by atoms with E-state index in [1.807, 2.05) is 0 Å². The van der Waals surface area contributed by atoms with E-state index in [-0.39, 0.29) is 24.0 Å². The second-order valence-electron chi connectivity index (χ2n) is 3.25. The first-order valence-electron chi connectivity index (χ1n) is 4.39. The summed E-state index contributed by atoms with van der Waals surface area (Å²) < 4.78 is 4.97. The van der Waals surface area contributed by atoms with Gasteiger partial charge >= 0.3 is 5.69 Å². The number of aromatic nitrogens is 2. The Morgan fingerprint density at radius 1 is 1.50 bits per heavy atom. The van der Waals surface area contributed by atoms with Crippen LogP contribution in [0.3, 0.4) is 0 Å². The highest BCUT2D eigenvalue weighted by molar-refractivity contribution is 5.95. The molecule has 0 spiro atoms. The van der Waals surface area contributed by atoms with Gasteiger partial charge in [-0.05, 0) is 13.8 Å². The van der Waals surface area contributed by atoms with Gasteiger partial charge in [-0.3, -0.25) is 4.79 Å². The average Bonchev–Trinajstić information content (AvgIpc) is 2.45. The molecular weight excluding hydrogens is 184 g/mol. The zero-order valence-corrected chi connectivity index (χ0v) is 8.51. The van der Waals surface area contributed by atoms with E-state index >= 15 is 0 Å². The second kappa shape index (κ2) is 4.23. The van der Waals surface area contributed by atoms with Crippen LogP contribution in [0.1, 0.15) is 29.5 Å². The third-order valence-corrected chi connectivity index (χ3v) is 2.07. The van der Waals surface area contributed by atoms with E-state index in [4.69, 9.17) is 4.74 Å². The molecule has 0 aliphatic rings. The van der Waals surface area contributed by atoms with Crippen LogP contribution in [0.5, 0.6) is 0 Å². The van der Waals surface area contributed by atoms with Crippen molar-refractivity contribution >= 4 is 5.78 Å². The summed E-state index contributed by atoms with van der Waals surface area (Å²) in [5.41, 5.74) is 0.568. The predicted molar refractivity (Wildman–Crippen MR) is 51.6 cm³/mol. The molecule has 1 rings (SSSR count). The van der Waals surface area contributed by atoms with Crippen LogP contribution >= 0.6 is 0 Å². The topological polar surface area (TPSA) is 75.0 Å². The molecule has 0 fully saturated rings. The Kier molecular flexibility index (Phi) is 3.24. The highest BCUT2D eigenvalue weighted by Crippen LogP contribution is 2.06.